The molecule has 1 saturated carbocycles. The van der Waals surface area contributed by atoms with Gasteiger partial charge in [0, 0.05) is 55.4 Å². The summed E-state index contributed by atoms with van der Waals surface area (Å²) in [6.07, 6.45) is 9.63. The number of ether oxygens (including phenoxy) is 1. The van der Waals surface area contributed by atoms with E-state index < -0.39 is 0 Å². The number of pyridine rings is 2. The fourth-order valence-electron chi connectivity index (χ4n) is 6.11. The fraction of sp³-hybridized carbons (Fsp3) is 0.583. The lowest BCUT2D eigenvalue weighted by molar-refractivity contribution is -0.0370. The minimum absolute atomic E-state index is 0.158. The Balaban J connectivity index is 1.12. The first-order valence-electron chi connectivity index (χ1n) is 12.0. The number of fused-ring (bicyclic) bond motifs is 3. The van der Waals surface area contributed by atoms with Crippen molar-refractivity contribution in [3.8, 4) is 0 Å². The second-order valence-corrected chi connectivity index (χ2v) is 10.7. The van der Waals surface area contributed by atoms with E-state index in [4.69, 9.17) is 32.9 Å². The van der Waals surface area contributed by atoms with Crippen LogP contribution in [0.25, 0.3) is 0 Å². The zero-order valence-electron chi connectivity index (χ0n) is 18.7. The number of piperazine rings is 1. The zero-order chi connectivity index (χ0) is 22.5. The molecule has 0 radical (unpaired) electrons. The number of hydrogen-bond acceptors (Lipinski definition) is 7. The first kappa shape index (κ1) is 22.0. The van der Waals surface area contributed by atoms with Gasteiger partial charge < -0.3 is 15.0 Å². The van der Waals surface area contributed by atoms with Crippen LogP contribution in [-0.4, -0.2) is 47.3 Å². The normalized spacial score (nSPS) is 34.0. The molecule has 4 saturated heterocycles. The van der Waals surface area contributed by atoms with Crippen molar-refractivity contribution in [2.45, 2.75) is 69.0 Å². The van der Waals surface area contributed by atoms with Crippen LogP contribution in [0.15, 0.2) is 30.7 Å². The van der Waals surface area contributed by atoms with Gasteiger partial charge in [0.1, 0.15) is 5.82 Å². The molecular formula is C24H30Cl2N6O. The van der Waals surface area contributed by atoms with Crippen molar-refractivity contribution < 1.29 is 4.74 Å². The molecule has 7 nitrogen and oxygen atoms in total. The molecule has 3 N–H and O–H groups in total. The Morgan fingerprint density at radius 2 is 1.79 bits per heavy atom. The lowest BCUT2D eigenvalue weighted by Gasteiger charge is -2.48. The number of rotatable bonds is 5. The molecule has 5 fully saturated rings. The molecule has 7 rings (SSSR count). The van der Waals surface area contributed by atoms with Gasteiger partial charge in [0.25, 0.3) is 0 Å². The highest BCUT2D eigenvalue weighted by Gasteiger charge is 2.42. The van der Waals surface area contributed by atoms with E-state index in [0.29, 0.717) is 34.1 Å². The van der Waals surface area contributed by atoms with Crippen molar-refractivity contribution >= 4 is 29.0 Å². The average molecular weight is 489 g/mol. The number of nitrogens with one attached hydrogen (secondary N) is 3. The summed E-state index contributed by atoms with van der Waals surface area (Å²) in [4.78, 5) is 11.3. The number of hydrazine groups is 1. The van der Waals surface area contributed by atoms with Crippen LogP contribution >= 0.6 is 23.2 Å². The molecular weight excluding hydrogens is 459 g/mol. The molecule has 0 spiro atoms. The Labute approximate surface area is 204 Å². The van der Waals surface area contributed by atoms with E-state index in [0.717, 1.165) is 43.7 Å². The molecule has 7 atom stereocenters. The molecule has 5 aliphatic rings. The van der Waals surface area contributed by atoms with Crippen molar-refractivity contribution in [3.63, 3.8) is 0 Å². The summed E-state index contributed by atoms with van der Waals surface area (Å²) < 4.78 is 6.46. The van der Waals surface area contributed by atoms with Gasteiger partial charge in [-0.15, -0.1) is 0 Å². The average Bonchev–Trinajstić information content (AvgIpc) is 3.22. The van der Waals surface area contributed by atoms with E-state index >= 15 is 0 Å². The monoisotopic (exact) mass is 488 g/mol. The summed E-state index contributed by atoms with van der Waals surface area (Å²) in [6.45, 7) is 4.13. The third kappa shape index (κ3) is 4.24. The zero-order valence-corrected chi connectivity index (χ0v) is 20.2. The molecule has 0 aromatic carbocycles. The minimum atomic E-state index is -0.179. The molecule has 9 heteroatoms. The first-order chi connectivity index (χ1) is 16.0. The van der Waals surface area contributed by atoms with Crippen LogP contribution in [-0.2, 0) is 4.74 Å². The van der Waals surface area contributed by atoms with Crippen LogP contribution in [0.5, 0.6) is 0 Å². The van der Waals surface area contributed by atoms with Crippen LogP contribution in [0.1, 0.15) is 55.9 Å². The highest BCUT2D eigenvalue weighted by molar-refractivity contribution is 6.35. The molecule has 6 unspecified atom stereocenters. The van der Waals surface area contributed by atoms with E-state index in [1.54, 1.807) is 12.4 Å². The molecule has 0 amide bonds. The van der Waals surface area contributed by atoms with Crippen LogP contribution < -0.4 is 21.1 Å². The summed E-state index contributed by atoms with van der Waals surface area (Å²) >= 11 is 12.7. The number of nitrogens with zero attached hydrogens (tertiary/aromatic N) is 3. The summed E-state index contributed by atoms with van der Waals surface area (Å²) in [5.41, 5.74) is 9.10. The number of piperidine rings is 1. The summed E-state index contributed by atoms with van der Waals surface area (Å²) in [7, 11) is 0. The molecule has 176 valence electrons. The van der Waals surface area contributed by atoms with E-state index in [2.05, 4.69) is 38.2 Å². The predicted molar refractivity (Wildman–Crippen MR) is 129 cm³/mol. The number of hydrogen-bond donors (Lipinski definition) is 3. The third-order valence-corrected chi connectivity index (χ3v) is 8.38. The van der Waals surface area contributed by atoms with Gasteiger partial charge in [-0.2, -0.15) is 0 Å². The molecule has 1 aliphatic carbocycles. The molecule has 2 aromatic rings. The van der Waals surface area contributed by atoms with Gasteiger partial charge in [0.15, 0.2) is 0 Å². The maximum Gasteiger partial charge on any atom is 0.128 e. The molecule has 33 heavy (non-hydrogen) atoms. The van der Waals surface area contributed by atoms with E-state index in [-0.39, 0.29) is 18.2 Å². The largest absolute Gasteiger partial charge is 0.370 e. The minimum Gasteiger partial charge on any atom is -0.370 e. The number of halogens is 2. The highest BCUT2D eigenvalue weighted by atomic mass is 35.5. The van der Waals surface area contributed by atoms with Crippen molar-refractivity contribution in [2.24, 2.45) is 5.92 Å². The van der Waals surface area contributed by atoms with E-state index in [9.17, 15) is 0 Å². The molecule has 4 aliphatic heterocycles. The molecule has 2 bridgehead atoms. The van der Waals surface area contributed by atoms with E-state index in [1.807, 2.05) is 13.1 Å². The van der Waals surface area contributed by atoms with Gasteiger partial charge in [0.05, 0.1) is 28.3 Å². The SMILES string of the molecule is C[C@@H](OC1CCC2NNC(c3ccc(N4CC5CC(C4)N5)nc3)C2C1)c1c(Cl)cncc1Cl. The lowest BCUT2D eigenvalue weighted by Crippen LogP contribution is -2.67. The highest BCUT2D eigenvalue weighted by Crippen LogP contribution is 2.41. The fourth-order valence-corrected chi connectivity index (χ4v) is 6.78. The van der Waals surface area contributed by atoms with Crippen LogP contribution in [0, 0.1) is 5.92 Å². The molecule has 6 heterocycles. The maximum atomic E-state index is 6.46. The van der Waals surface area contributed by atoms with Crippen molar-refractivity contribution in [2.75, 3.05) is 18.0 Å². The maximum absolute atomic E-state index is 6.46. The predicted octanol–water partition coefficient (Wildman–Crippen LogP) is 3.80. The van der Waals surface area contributed by atoms with Crippen molar-refractivity contribution in [1.82, 2.24) is 26.1 Å². The van der Waals surface area contributed by atoms with Gasteiger partial charge in [-0.25, -0.2) is 10.4 Å². The first-order valence-corrected chi connectivity index (χ1v) is 12.7. The van der Waals surface area contributed by atoms with Gasteiger partial charge >= 0.3 is 0 Å². The Morgan fingerprint density at radius 3 is 2.48 bits per heavy atom. The van der Waals surface area contributed by atoms with Gasteiger partial charge in [-0.05, 0) is 50.2 Å². The summed E-state index contributed by atoms with van der Waals surface area (Å²) in [5, 5.41) is 4.69. The Bertz CT molecular complexity index is 971. The second-order valence-electron chi connectivity index (χ2n) is 9.92. The van der Waals surface area contributed by atoms with Crippen LogP contribution in [0.4, 0.5) is 5.82 Å². The Morgan fingerprint density at radius 1 is 1.03 bits per heavy atom. The quantitative estimate of drug-likeness (QED) is 0.590. The van der Waals surface area contributed by atoms with Gasteiger partial charge in [0.2, 0.25) is 0 Å². The topological polar surface area (TPSA) is 74.3 Å². The van der Waals surface area contributed by atoms with Crippen LogP contribution in [0.3, 0.4) is 0 Å². The third-order valence-electron chi connectivity index (χ3n) is 7.77. The van der Waals surface area contributed by atoms with Gasteiger partial charge in [-0.3, -0.25) is 10.4 Å². The van der Waals surface area contributed by atoms with Gasteiger partial charge in [-0.1, -0.05) is 29.3 Å². The summed E-state index contributed by atoms with van der Waals surface area (Å²) in [6, 6.07) is 6.35. The van der Waals surface area contributed by atoms with E-state index in [1.165, 1.54) is 12.0 Å². The second kappa shape index (κ2) is 8.95. The lowest BCUT2D eigenvalue weighted by atomic mass is 9.78. The molecule has 2 aromatic heterocycles. The summed E-state index contributed by atoms with van der Waals surface area (Å²) in [5.74, 6) is 1.53. The number of anilines is 1. The number of aromatic nitrogens is 2. The van der Waals surface area contributed by atoms with Crippen molar-refractivity contribution in [1.29, 1.82) is 0 Å². The Hall–Kier alpha value is -1.48. The van der Waals surface area contributed by atoms with Crippen molar-refractivity contribution in [3.05, 3.63) is 51.9 Å². The standard InChI is InChI=1S/C24H30Cl2N6O/c1-13(23-19(25)9-27-10-20(23)26)33-17-3-4-21-18(7-17)24(31-30-21)14-2-5-22(28-8-14)32-11-15-6-16(12-32)29-15/h2,5,8-10,13,15-18,21,24,29-31H,3-4,6-7,11-12H2,1H3/t13-,15?,16?,17?,18?,21?,24?/m1/s1. The smallest absolute Gasteiger partial charge is 0.128 e. The Kier molecular flexibility index (Phi) is 5.97. The van der Waals surface area contributed by atoms with Crippen LogP contribution in [0.2, 0.25) is 10.0 Å².